The number of hydrogen-bond donors (Lipinski definition) is 0. The molecule has 1 aromatic carbocycles. The first-order valence-corrected chi connectivity index (χ1v) is 8.43. The molecule has 122 valence electrons. The first-order valence-electron chi connectivity index (χ1n) is 8.43. The molecule has 4 nitrogen and oxygen atoms in total. The quantitative estimate of drug-likeness (QED) is 0.697. The van der Waals surface area contributed by atoms with Gasteiger partial charge in [0.25, 0.3) is 0 Å². The summed E-state index contributed by atoms with van der Waals surface area (Å²) in [5.74, 6) is 0.844. The van der Waals surface area contributed by atoms with Crippen LogP contribution in [0.15, 0.2) is 21.3 Å². The van der Waals surface area contributed by atoms with Crippen molar-refractivity contribution in [3.05, 3.63) is 39.2 Å². The molecular weight excluding hydrogens is 290 g/mol. The molecule has 0 saturated heterocycles. The van der Waals surface area contributed by atoms with Gasteiger partial charge in [-0.15, -0.1) is 0 Å². The highest BCUT2D eigenvalue weighted by atomic mass is 16.5. The number of aryl methyl sites for hydroxylation is 1. The van der Waals surface area contributed by atoms with E-state index in [9.17, 15) is 4.79 Å². The number of rotatable bonds is 0. The molecule has 2 aromatic rings. The Morgan fingerprint density at radius 1 is 1.04 bits per heavy atom. The zero-order valence-electron chi connectivity index (χ0n) is 14.1. The fourth-order valence-electron chi connectivity index (χ4n) is 3.65. The molecular formula is C19H23NO3. The SMILES string of the molecule is CC(C)(C)N1COc2ccc3c4c(c(=O)oc3c2C1)CCCC4. The summed E-state index contributed by atoms with van der Waals surface area (Å²) in [5.41, 5.74) is 3.66. The summed E-state index contributed by atoms with van der Waals surface area (Å²) in [5, 5.41) is 1.09. The van der Waals surface area contributed by atoms with Crippen LogP contribution in [0.2, 0.25) is 0 Å². The first-order chi connectivity index (χ1) is 10.9. The maximum absolute atomic E-state index is 12.4. The van der Waals surface area contributed by atoms with E-state index < -0.39 is 0 Å². The molecule has 4 rings (SSSR count). The molecule has 0 fully saturated rings. The van der Waals surface area contributed by atoms with Crippen molar-refractivity contribution in [2.24, 2.45) is 0 Å². The van der Waals surface area contributed by atoms with Gasteiger partial charge >= 0.3 is 5.63 Å². The van der Waals surface area contributed by atoms with Gasteiger partial charge in [0.15, 0.2) is 0 Å². The van der Waals surface area contributed by atoms with Crippen LogP contribution in [0, 0.1) is 0 Å². The predicted octanol–water partition coefficient (Wildman–Crippen LogP) is 3.62. The lowest BCUT2D eigenvalue weighted by molar-refractivity contribution is 0.0221. The van der Waals surface area contributed by atoms with E-state index in [1.807, 2.05) is 6.07 Å². The average molecular weight is 313 g/mol. The number of benzene rings is 1. The highest BCUT2D eigenvalue weighted by Gasteiger charge is 2.30. The largest absolute Gasteiger partial charge is 0.478 e. The van der Waals surface area contributed by atoms with Gasteiger partial charge in [-0.2, -0.15) is 0 Å². The molecule has 0 N–H and O–H groups in total. The Labute approximate surface area is 136 Å². The van der Waals surface area contributed by atoms with Gasteiger partial charge in [0.1, 0.15) is 18.1 Å². The summed E-state index contributed by atoms with van der Waals surface area (Å²) >= 11 is 0. The molecule has 0 amide bonds. The topological polar surface area (TPSA) is 42.7 Å². The molecule has 0 atom stereocenters. The Hall–Kier alpha value is -1.81. The molecule has 0 spiro atoms. The molecule has 1 aliphatic heterocycles. The summed E-state index contributed by atoms with van der Waals surface area (Å²) in [6.45, 7) is 7.83. The Morgan fingerprint density at radius 2 is 1.78 bits per heavy atom. The van der Waals surface area contributed by atoms with E-state index >= 15 is 0 Å². The molecule has 23 heavy (non-hydrogen) atoms. The lowest BCUT2D eigenvalue weighted by Gasteiger charge is -2.38. The molecule has 0 unspecified atom stereocenters. The molecule has 2 aliphatic rings. The van der Waals surface area contributed by atoms with E-state index in [-0.39, 0.29) is 11.2 Å². The molecule has 2 heterocycles. The minimum absolute atomic E-state index is 0.00829. The summed E-state index contributed by atoms with van der Waals surface area (Å²) in [6.07, 6.45) is 4.04. The van der Waals surface area contributed by atoms with Gasteiger partial charge in [0.05, 0.1) is 5.56 Å². The minimum atomic E-state index is -0.159. The number of nitrogens with zero attached hydrogens (tertiary/aromatic N) is 1. The summed E-state index contributed by atoms with van der Waals surface area (Å²) in [6, 6.07) is 4.10. The Balaban J connectivity index is 1.93. The zero-order valence-corrected chi connectivity index (χ0v) is 14.1. The minimum Gasteiger partial charge on any atom is -0.478 e. The van der Waals surface area contributed by atoms with E-state index in [0.29, 0.717) is 6.73 Å². The first kappa shape index (κ1) is 14.8. The average Bonchev–Trinajstić information content (AvgIpc) is 2.54. The molecule has 0 bridgehead atoms. The van der Waals surface area contributed by atoms with Gasteiger partial charge in [-0.3, -0.25) is 4.90 Å². The summed E-state index contributed by atoms with van der Waals surface area (Å²) < 4.78 is 11.7. The fraction of sp³-hybridized carbons (Fsp3) is 0.526. The van der Waals surface area contributed by atoms with Crippen molar-refractivity contribution in [1.29, 1.82) is 0 Å². The Morgan fingerprint density at radius 3 is 2.52 bits per heavy atom. The van der Waals surface area contributed by atoms with Gasteiger partial charge in [0, 0.05) is 23.0 Å². The van der Waals surface area contributed by atoms with Crippen LogP contribution in [0.25, 0.3) is 11.0 Å². The third-order valence-corrected chi connectivity index (χ3v) is 5.13. The predicted molar refractivity (Wildman–Crippen MR) is 89.9 cm³/mol. The summed E-state index contributed by atoms with van der Waals surface area (Å²) in [7, 11) is 0. The standard InChI is InChI=1S/C19H23NO3/c1-19(2,3)20-10-15-16(22-11-20)9-8-13-12-6-4-5-7-14(12)18(21)23-17(13)15/h8-9H,4-7,10-11H2,1-3H3. The summed E-state index contributed by atoms with van der Waals surface area (Å²) in [4.78, 5) is 14.7. The van der Waals surface area contributed by atoms with Crippen LogP contribution in [0.5, 0.6) is 5.75 Å². The van der Waals surface area contributed by atoms with Crippen LogP contribution in [-0.4, -0.2) is 17.2 Å². The van der Waals surface area contributed by atoms with Crippen molar-refractivity contribution in [3.63, 3.8) is 0 Å². The maximum atomic E-state index is 12.4. The van der Waals surface area contributed by atoms with Crippen LogP contribution in [0.1, 0.15) is 50.3 Å². The molecule has 0 saturated carbocycles. The van der Waals surface area contributed by atoms with Crippen molar-refractivity contribution in [3.8, 4) is 5.75 Å². The van der Waals surface area contributed by atoms with Gasteiger partial charge in [-0.05, 0) is 64.2 Å². The number of ether oxygens (including phenoxy) is 1. The smallest absolute Gasteiger partial charge is 0.339 e. The van der Waals surface area contributed by atoms with Crippen molar-refractivity contribution in [2.75, 3.05) is 6.73 Å². The van der Waals surface area contributed by atoms with Gasteiger partial charge in [-0.25, -0.2) is 4.79 Å². The van der Waals surface area contributed by atoms with E-state index in [1.54, 1.807) is 0 Å². The third-order valence-electron chi connectivity index (χ3n) is 5.13. The van der Waals surface area contributed by atoms with Crippen molar-refractivity contribution in [1.82, 2.24) is 4.90 Å². The monoisotopic (exact) mass is 313 g/mol. The maximum Gasteiger partial charge on any atom is 0.339 e. The highest BCUT2D eigenvalue weighted by molar-refractivity contribution is 5.86. The van der Waals surface area contributed by atoms with E-state index in [0.717, 1.165) is 60.1 Å². The van der Waals surface area contributed by atoms with Crippen molar-refractivity contribution >= 4 is 11.0 Å². The Bertz CT molecular complexity index is 829. The molecule has 4 heteroatoms. The number of fused-ring (bicyclic) bond motifs is 5. The van der Waals surface area contributed by atoms with E-state index in [4.69, 9.17) is 9.15 Å². The normalized spacial score (nSPS) is 18.4. The van der Waals surface area contributed by atoms with E-state index in [2.05, 4.69) is 31.7 Å². The number of hydrogen-bond acceptors (Lipinski definition) is 4. The van der Waals surface area contributed by atoms with Crippen LogP contribution in [0.4, 0.5) is 0 Å². The fourth-order valence-corrected chi connectivity index (χ4v) is 3.65. The zero-order chi connectivity index (χ0) is 16.2. The van der Waals surface area contributed by atoms with Gasteiger partial charge in [0.2, 0.25) is 0 Å². The molecule has 1 aliphatic carbocycles. The van der Waals surface area contributed by atoms with Crippen LogP contribution < -0.4 is 10.4 Å². The lowest BCUT2D eigenvalue weighted by atomic mass is 9.89. The Kier molecular flexibility index (Phi) is 3.27. The lowest BCUT2D eigenvalue weighted by Crippen LogP contribution is -2.45. The highest BCUT2D eigenvalue weighted by Crippen LogP contribution is 2.36. The van der Waals surface area contributed by atoms with Crippen LogP contribution in [-0.2, 0) is 19.4 Å². The second kappa shape index (κ2) is 5.10. The third kappa shape index (κ3) is 2.36. The second-order valence-corrected chi connectivity index (χ2v) is 7.61. The van der Waals surface area contributed by atoms with Crippen LogP contribution >= 0.6 is 0 Å². The van der Waals surface area contributed by atoms with Crippen LogP contribution in [0.3, 0.4) is 0 Å². The van der Waals surface area contributed by atoms with Crippen molar-refractivity contribution in [2.45, 2.75) is 58.5 Å². The molecule has 0 radical (unpaired) electrons. The molecule has 1 aromatic heterocycles. The van der Waals surface area contributed by atoms with Gasteiger partial charge < -0.3 is 9.15 Å². The van der Waals surface area contributed by atoms with Crippen molar-refractivity contribution < 1.29 is 9.15 Å². The van der Waals surface area contributed by atoms with E-state index in [1.165, 1.54) is 5.56 Å². The van der Waals surface area contributed by atoms with Gasteiger partial charge in [-0.1, -0.05) is 0 Å². The second-order valence-electron chi connectivity index (χ2n) is 7.61.